The molecule has 5 nitrogen and oxygen atoms in total. The summed E-state index contributed by atoms with van der Waals surface area (Å²) >= 11 is 0. The fourth-order valence-electron chi connectivity index (χ4n) is 2.28. The molecule has 0 spiro atoms. The van der Waals surface area contributed by atoms with Gasteiger partial charge in [-0.2, -0.15) is 0 Å². The first-order chi connectivity index (χ1) is 9.03. The van der Waals surface area contributed by atoms with Crippen LogP contribution in [0.2, 0.25) is 0 Å². The quantitative estimate of drug-likeness (QED) is 0.506. The van der Waals surface area contributed by atoms with E-state index in [1.165, 1.54) is 0 Å². The molecule has 0 unspecified atom stereocenters. The fraction of sp³-hybridized carbons (Fsp3) is 0.462. The highest BCUT2D eigenvalue weighted by molar-refractivity contribution is 7.93. The first-order valence-corrected chi connectivity index (χ1v) is 7.88. The molecular formula is C13H18N2O3S. The second kappa shape index (κ2) is 5.61. The van der Waals surface area contributed by atoms with Gasteiger partial charge < -0.3 is 5.21 Å². The predicted molar refractivity (Wildman–Crippen MR) is 75.2 cm³/mol. The summed E-state index contributed by atoms with van der Waals surface area (Å²) < 4.78 is 26.8. The lowest BCUT2D eigenvalue weighted by Gasteiger charge is -2.13. The third-order valence-corrected chi connectivity index (χ3v) is 5.32. The van der Waals surface area contributed by atoms with Crippen LogP contribution in [0.5, 0.6) is 0 Å². The second-order valence-corrected chi connectivity index (χ2v) is 6.78. The van der Waals surface area contributed by atoms with Crippen LogP contribution in [-0.2, 0) is 10.0 Å². The molecule has 0 aliphatic heterocycles. The maximum absolute atomic E-state index is 12.1. The SMILES string of the molecule is C/C(=N/O)c1ccc(NS(=O)(=O)C2CCCC2)cc1. The Morgan fingerprint density at radius 3 is 2.37 bits per heavy atom. The fourth-order valence-corrected chi connectivity index (χ4v) is 3.87. The molecule has 0 bridgehead atoms. The van der Waals surface area contributed by atoms with E-state index in [9.17, 15) is 8.42 Å². The van der Waals surface area contributed by atoms with Crippen molar-refractivity contribution in [3.8, 4) is 0 Å². The molecular weight excluding hydrogens is 264 g/mol. The molecule has 0 saturated heterocycles. The van der Waals surface area contributed by atoms with E-state index in [2.05, 4.69) is 9.88 Å². The standard InChI is InChI=1S/C13H18N2O3S/c1-10(14-16)11-6-8-12(9-7-11)15-19(17,18)13-4-2-3-5-13/h6-9,13,15-16H,2-5H2,1H3/b14-10-. The van der Waals surface area contributed by atoms with Crippen molar-refractivity contribution in [3.05, 3.63) is 29.8 Å². The molecule has 1 aromatic carbocycles. The van der Waals surface area contributed by atoms with Gasteiger partial charge in [0.2, 0.25) is 10.0 Å². The molecule has 1 aromatic rings. The summed E-state index contributed by atoms with van der Waals surface area (Å²) in [5, 5.41) is 11.5. The summed E-state index contributed by atoms with van der Waals surface area (Å²) in [6.07, 6.45) is 3.45. The summed E-state index contributed by atoms with van der Waals surface area (Å²) in [6.45, 7) is 1.68. The number of hydrogen-bond acceptors (Lipinski definition) is 4. The minimum absolute atomic E-state index is 0.270. The van der Waals surface area contributed by atoms with Gasteiger partial charge in [0.05, 0.1) is 11.0 Å². The molecule has 0 aromatic heterocycles. The van der Waals surface area contributed by atoms with Crippen LogP contribution < -0.4 is 4.72 Å². The van der Waals surface area contributed by atoms with Crippen molar-refractivity contribution in [2.24, 2.45) is 5.16 Å². The molecule has 2 N–H and O–H groups in total. The molecule has 1 saturated carbocycles. The summed E-state index contributed by atoms with van der Waals surface area (Å²) in [5.74, 6) is 0. The Hall–Kier alpha value is -1.56. The molecule has 2 rings (SSSR count). The Morgan fingerprint density at radius 1 is 1.26 bits per heavy atom. The lowest BCUT2D eigenvalue weighted by atomic mass is 10.1. The molecule has 0 heterocycles. The van der Waals surface area contributed by atoms with Gasteiger partial charge in [-0.15, -0.1) is 0 Å². The number of hydrogen-bond donors (Lipinski definition) is 2. The molecule has 1 aliphatic carbocycles. The smallest absolute Gasteiger partial charge is 0.235 e. The van der Waals surface area contributed by atoms with E-state index in [4.69, 9.17) is 5.21 Å². The van der Waals surface area contributed by atoms with E-state index in [1.54, 1.807) is 31.2 Å². The van der Waals surface area contributed by atoms with Crippen molar-refractivity contribution in [1.29, 1.82) is 0 Å². The van der Waals surface area contributed by atoms with Crippen LogP contribution in [0.3, 0.4) is 0 Å². The minimum atomic E-state index is -3.28. The largest absolute Gasteiger partial charge is 0.411 e. The number of anilines is 1. The summed E-state index contributed by atoms with van der Waals surface area (Å²) in [4.78, 5) is 0. The molecule has 0 radical (unpaired) electrons. The van der Waals surface area contributed by atoms with Crippen LogP contribution >= 0.6 is 0 Å². The molecule has 6 heteroatoms. The number of benzene rings is 1. The maximum Gasteiger partial charge on any atom is 0.235 e. The van der Waals surface area contributed by atoms with Crippen LogP contribution in [0.1, 0.15) is 38.2 Å². The number of nitrogens with zero attached hydrogens (tertiary/aromatic N) is 1. The highest BCUT2D eigenvalue weighted by Gasteiger charge is 2.28. The summed E-state index contributed by atoms with van der Waals surface area (Å²) in [7, 11) is -3.28. The zero-order valence-electron chi connectivity index (χ0n) is 10.8. The van der Waals surface area contributed by atoms with Gasteiger partial charge in [0.15, 0.2) is 0 Å². The van der Waals surface area contributed by atoms with E-state index in [-0.39, 0.29) is 5.25 Å². The molecule has 104 valence electrons. The predicted octanol–water partition coefficient (Wildman–Crippen LogP) is 2.57. The third-order valence-electron chi connectivity index (χ3n) is 3.45. The molecule has 19 heavy (non-hydrogen) atoms. The maximum atomic E-state index is 12.1. The van der Waals surface area contributed by atoms with Crippen molar-refractivity contribution in [2.45, 2.75) is 37.9 Å². The van der Waals surface area contributed by atoms with Gasteiger partial charge in [0.1, 0.15) is 0 Å². The summed E-state index contributed by atoms with van der Waals surface area (Å²) in [5.41, 5.74) is 1.79. The minimum Gasteiger partial charge on any atom is -0.411 e. The lowest BCUT2D eigenvalue weighted by Crippen LogP contribution is -2.25. The highest BCUT2D eigenvalue weighted by atomic mass is 32.2. The first-order valence-electron chi connectivity index (χ1n) is 6.33. The molecule has 1 fully saturated rings. The third kappa shape index (κ3) is 3.26. The van der Waals surface area contributed by atoms with Crippen molar-refractivity contribution >= 4 is 21.4 Å². The van der Waals surface area contributed by atoms with Crippen LogP contribution in [0, 0.1) is 0 Å². The van der Waals surface area contributed by atoms with Gasteiger partial charge in [-0.25, -0.2) is 8.42 Å². The van der Waals surface area contributed by atoms with Gasteiger partial charge in [0.25, 0.3) is 0 Å². The van der Waals surface area contributed by atoms with E-state index in [0.717, 1.165) is 31.2 Å². The van der Waals surface area contributed by atoms with Crippen LogP contribution in [0.25, 0.3) is 0 Å². The Labute approximate surface area is 113 Å². The number of rotatable bonds is 4. The van der Waals surface area contributed by atoms with Crippen molar-refractivity contribution in [3.63, 3.8) is 0 Å². The Kier molecular flexibility index (Phi) is 4.09. The normalized spacial score (nSPS) is 17.6. The van der Waals surface area contributed by atoms with E-state index >= 15 is 0 Å². The average Bonchev–Trinajstić information content (AvgIpc) is 2.93. The van der Waals surface area contributed by atoms with E-state index in [0.29, 0.717) is 11.4 Å². The van der Waals surface area contributed by atoms with Gasteiger partial charge in [-0.3, -0.25) is 4.72 Å². The Bertz CT molecular complexity index is 558. The topological polar surface area (TPSA) is 78.8 Å². The van der Waals surface area contributed by atoms with Crippen LogP contribution in [-0.4, -0.2) is 24.6 Å². The van der Waals surface area contributed by atoms with Gasteiger partial charge in [0, 0.05) is 5.69 Å². The number of oxime groups is 1. The Balaban J connectivity index is 2.11. The van der Waals surface area contributed by atoms with Gasteiger partial charge >= 0.3 is 0 Å². The molecule has 1 aliphatic rings. The van der Waals surface area contributed by atoms with E-state index in [1.807, 2.05) is 0 Å². The van der Waals surface area contributed by atoms with Crippen molar-refractivity contribution < 1.29 is 13.6 Å². The molecule has 0 amide bonds. The number of sulfonamides is 1. The van der Waals surface area contributed by atoms with Crippen LogP contribution in [0.4, 0.5) is 5.69 Å². The van der Waals surface area contributed by atoms with Crippen molar-refractivity contribution in [2.75, 3.05) is 4.72 Å². The molecule has 0 atom stereocenters. The van der Waals surface area contributed by atoms with E-state index < -0.39 is 10.0 Å². The average molecular weight is 282 g/mol. The van der Waals surface area contributed by atoms with Crippen LogP contribution in [0.15, 0.2) is 29.4 Å². The highest BCUT2D eigenvalue weighted by Crippen LogP contribution is 2.26. The zero-order chi connectivity index (χ0) is 13.9. The Morgan fingerprint density at radius 2 is 1.84 bits per heavy atom. The summed E-state index contributed by atoms with van der Waals surface area (Å²) in [6, 6.07) is 6.80. The first kappa shape index (κ1) is 13.9. The number of nitrogens with one attached hydrogen (secondary N) is 1. The van der Waals surface area contributed by atoms with Gasteiger partial charge in [-0.05, 0) is 37.5 Å². The second-order valence-electron chi connectivity index (χ2n) is 4.82. The van der Waals surface area contributed by atoms with Crippen molar-refractivity contribution in [1.82, 2.24) is 0 Å². The van der Waals surface area contributed by atoms with Gasteiger partial charge in [-0.1, -0.05) is 30.1 Å². The monoisotopic (exact) mass is 282 g/mol. The zero-order valence-corrected chi connectivity index (χ0v) is 11.7. The lowest BCUT2D eigenvalue weighted by molar-refractivity contribution is 0.319.